The Labute approximate surface area is 84.2 Å². The van der Waals surface area contributed by atoms with Gasteiger partial charge in [-0.05, 0) is 0 Å². The minimum atomic E-state index is -0.561. The molecule has 0 aromatic carbocycles. The van der Waals surface area contributed by atoms with Crippen molar-refractivity contribution in [3.8, 4) is 0 Å². The molecule has 0 aromatic heterocycles. The number of amidine groups is 1. The zero-order chi connectivity index (χ0) is 8.48. The first-order valence-electron chi connectivity index (χ1n) is 2.90. The van der Waals surface area contributed by atoms with Crippen LogP contribution in [0.1, 0.15) is 13.8 Å². The molecule has 11 heavy (non-hydrogen) atoms. The van der Waals surface area contributed by atoms with Gasteiger partial charge in [-0.1, -0.05) is 0 Å². The van der Waals surface area contributed by atoms with Gasteiger partial charge in [-0.3, -0.25) is 0 Å². The van der Waals surface area contributed by atoms with Crippen molar-refractivity contribution < 1.29 is 22.4 Å². The maximum atomic E-state index is 11.1. The molecule has 0 saturated carbocycles. The molecule has 3 nitrogen and oxygen atoms in total. The molecule has 0 fully saturated rings. The van der Waals surface area contributed by atoms with Crippen molar-refractivity contribution in [3.63, 3.8) is 0 Å². The molecule has 1 rings (SSSR count). The van der Waals surface area contributed by atoms with Crippen LogP contribution in [0.25, 0.3) is 0 Å². The van der Waals surface area contributed by atoms with E-state index in [1.165, 1.54) is 0 Å². The van der Waals surface area contributed by atoms with Crippen molar-refractivity contribution in [3.05, 3.63) is 0 Å². The Morgan fingerprint density at radius 3 is 2.73 bits per heavy atom. The van der Waals surface area contributed by atoms with Gasteiger partial charge in [0.1, 0.15) is 0 Å². The molecule has 0 aromatic rings. The fourth-order valence-electron chi connectivity index (χ4n) is 0.647. The van der Waals surface area contributed by atoms with Gasteiger partial charge in [0, 0.05) is 0 Å². The van der Waals surface area contributed by atoms with Crippen LogP contribution in [0.3, 0.4) is 0 Å². The van der Waals surface area contributed by atoms with Gasteiger partial charge >= 0.3 is 84.8 Å². The van der Waals surface area contributed by atoms with Gasteiger partial charge in [-0.25, -0.2) is 0 Å². The molecule has 6 heteroatoms. The molecule has 1 aliphatic heterocycles. The van der Waals surface area contributed by atoms with Crippen LogP contribution in [0.5, 0.6) is 0 Å². The van der Waals surface area contributed by atoms with Crippen LogP contribution in [-0.4, -0.2) is 16.6 Å². The predicted octanol–water partition coefficient (Wildman–Crippen LogP) is -1.70. The monoisotopic (exact) mass is 349 g/mol. The van der Waals surface area contributed by atoms with Gasteiger partial charge in [0.2, 0.25) is 0 Å². The summed E-state index contributed by atoms with van der Waals surface area (Å²) in [7, 11) is 1.59. The van der Waals surface area contributed by atoms with Gasteiger partial charge in [0.05, 0.1) is 0 Å². The van der Waals surface area contributed by atoms with E-state index in [0.29, 0.717) is 0 Å². The van der Waals surface area contributed by atoms with Gasteiger partial charge < -0.3 is 0 Å². The van der Waals surface area contributed by atoms with Gasteiger partial charge in [-0.15, -0.1) is 0 Å². The van der Waals surface area contributed by atoms with Crippen LogP contribution >= 0.6 is 21.6 Å². The molecule has 0 bridgehead atoms. The number of carbonyl (C=O) groups excluding carboxylic acids is 1. The van der Waals surface area contributed by atoms with Gasteiger partial charge in [-0.2, -0.15) is 0 Å². The topological polar surface area (TPSA) is 41.5 Å². The molecule has 0 saturated heterocycles. The van der Waals surface area contributed by atoms with Crippen LogP contribution in [-0.2, 0) is 4.79 Å². The number of nitrogens with one attached hydrogen (secondary N) is 1. The molecule has 1 amide bonds. The van der Waals surface area contributed by atoms with E-state index in [-0.39, 0.29) is 23.5 Å². The number of amides is 1. The molecule has 0 radical (unpaired) electrons. The van der Waals surface area contributed by atoms with Gasteiger partial charge in [0.25, 0.3) is 0 Å². The molecular formula is C5H7BrIN2OS-. The first kappa shape index (κ1) is 9.79. The third kappa shape index (κ3) is 2.32. The SMILES string of the molecule is CC1(C)N=C(S[I-]Br)NC1=O. The molecule has 64 valence electrons. The van der Waals surface area contributed by atoms with Crippen LogP contribution in [0.2, 0.25) is 0 Å². The standard InChI is InChI=1S/C5H7BrIN2OS/c1-5(2)3(10)8-4(9-5)11-7-6/h1-2H3,(H,8,9,10)/q-1. The van der Waals surface area contributed by atoms with Crippen LogP contribution in [0, 0.1) is 0 Å². The van der Waals surface area contributed by atoms with Crippen LogP contribution < -0.4 is 22.9 Å². The van der Waals surface area contributed by atoms with E-state index in [9.17, 15) is 4.79 Å². The first-order valence-corrected chi connectivity index (χ1v) is 11.1. The summed E-state index contributed by atoms with van der Waals surface area (Å²) in [5, 5.41) is 3.47. The summed E-state index contributed by atoms with van der Waals surface area (Å²) in [6.45, 7) is 3.62. The number of aliphatic imine (C=N–C) groups is 1. The minimum absolute atomic E-state index is 0.00930. The fraction of sp³-hybridized carbons (Fsp3) is 0.600. The zero-order valence-electron chi connectivity index (χ0n) is 6.02. The quantitative estimate of drug-likeness (QED) is 0.573. The third-order valence-electron chi connectivity index (χ3n) is 1.26. The van der Waals surface area contributed by atoms with E-state index in [1.807, 2.05) is 13.8 Å². The van der Waals surface area contributed by atoms with Gasteiger partial charge in [0.15, 0.2) is 0 Å². The van der Waals surface area contributed by atoms with Crippen molar-refractivity contribution in [1.82, 2.24) is 5.32 Å². The molecule has 0 unspecified atom stereocenters. The normalized spacial score (nSPS) is 21.7. The summed E-state index contributed by atoms with van der Waals surface area (Å²) in [6.07, 6.45) is 0. The second kappa shape index (κ2) is 3.61. The third-order valence-corrected chi connectivity index (χ3v) is 5.87. The zero-order valence-corrected chi connectivity index (χ0v) is 10.6. The van der Waals surface area contributed by atoms with Crippen LogP contribution in [0.15, 0.2) is 4.99 Å². The molecule has 1 N–H and O–H groups in total. The van der Waals surface area contributed by atoms with E-state index < -0.39 is 5.54 Å². The molecule has 0 spiro atoms. The molecule has 1 aliphatic rings. The summed E-state index contributed by atoms with van der Waals surface area (Å²) in [6, 6.07) is 0. The predicted molar refractivity (Wildman–Crippen MR) is 46.2 cm³/mol. The first-order chi connectivity index (χ1) is 5.06. The Kier molecular flexibility index (Phi) is 3.21. The van der Waals surface area contributed by atoms with E-state index in [0.717, 1.165) is 5.17 Å². The Balaban J connectivity index is 2.68. The Bertz CT molecular complexity index is 219. The Hall–Kier alpha value is 0.700. The summed E-state index contributed by atoms with van der Waals surface area (Å²) in [5.74, 6) is -0.00930. The number of hydrogen-bond acceptors (Lipinski definition) is 3. The second-order valence-corrected chi connectivity index (χ2v) is 10.5. The Morgan fingerprint density at radius 1 is 1.73 bits per heavy atom. The van der Waals surface area contributed by atoms with E-state index in [2.05, 4.69) is 23.0 Å². The fourth-order valence-corrected chi connectivity index (χ4v) is 4.53. The molecule has 0 atom stereocenters. The van der Waals surface area contributed by atoms with E-state index in [4.69, 9.17) is 0 Å². The summed E-state index contributed by atoms with van der Waals surface area (Å²) in [5.41, 5.74) is -0.561. The Morgan fingerprint density at radius 2 is 2.36 bits per heavy atom. The molecular weight excluding hydrogens is 343 g/mol. The van der Waals surface area contributed by atoms with Crippen LogP contribution in [0.4, 0.5) is 0 Å². The average molecular weight is 350 g/mol. The van der Waals surface area contributed by atoms with Crippen molar-refractivity contribution in [1.29, 1.82) is 0 Å². The maximum absolute atomic E-state index is 11.1. The number of hydrogen-bond donors (Lipinski definition) is 1. The summed E-state index contributed by atoms with van der Waals surface area (Å²) in [4.78, 5) is 15.3. The van der Waals surface area contributed by atoms with E-state index in [1.54, 1.807) is 8.93 Å². The number of rotatable bonds is 1. The second-order valence-electron chi connectivity index (χ2n) is 2.57. The van der Waals surface area contributed by atoms with Crippen molar-refractivity contribution in [2.24, 2.45) is 4.99 Å². The summed E-state index contributed by atoms with van der Waals surface area (Å²) >= 11 is 3.27. The van der Waals surface area contributed by atoms with Crippen molar-refractivity contribution in [2.75, 3.05) is 0 Å². The van der Waals surface area contributed by atoms with E-state index >= 15 is 0 Å². The number of carbonyl (C=O) groups is 1. The van der Waals surface area contributed by atoms with Crippen molar-refractivity contribution >= 4 is 32.7 Å². The van der Waals surface area contributed by atoms with Crippen molar-refractivity contribution in [2.45, 2.75) is 19.4 Å². The summed E-state index contributed by atoms with van der Waals surface area (Å²) < 4.78 is 0. The molecule has 1 heterocycles. The number of nitrogens with zero attached hydrogens (tertiary/aromatic N) is 1. The molecule has 0 aliphatic carbocycles. The average Bonchev–Trinajstić information content (AvgIpc) is 2.08. The number of halogens is 2.